The van der Waals surface area contributed by atoms with Crippen LogP contribution >= 0.6 is 23.2 Å². The Morgan fingerprint density at radius 1 is 1.26 bits per heavy atom. The Hall–Kier alpha value is -2.24. The fourth-order valence-corrected chi connectivity index (χ4v) is 2.47. The number of aromatic amines is 1. The summed E-state index contributed by atoms with van der Waals surface area (Å²) in [5, 5.41) is 7.73. The molecular formula is C16H14Cl2N4O. The van der Waals surface area contributed by atoms with E-state index < -0.39 is 0 Å². The third-order valence-electron chi connectivity index (χ3n) is 3.33. The second-order valence-electron chi connectivity index (χ2n) is 4.98. The summed E-state index contributed by atoms with van der Waals surface area (Å²) >= 11 is 11.6. The third kappa shape index (κ3) is 3.75. The maximum atomic E-state index is 11.9. The highest BCUT2D eigenvalue weighted by molar-refractivity contribution is 6.41. The Morgan fingerprint density at radius 2 is 2.04 bits per heavy atom. The first kappa shape index (κ1) is 15.6. The van der Waals surface area contributed by atoms with Gasteiger partial charge in [0.05, 0.1) is 16.9 Å². The highest BCUT2D eigenvalue weighted by Gasteiger charge is 2.11. The number of rotatable bonds is 5. The van der Waals surface area contributed by atoms with Crippen molar-refractivity contribution in [1.29, 1.82) is 0 Å². The largest absolute Gasteiger partial charge is 0.350 e. The van der Waals surface area contributed by atoms with Crippen molar-refractivity contribution >= 4 is 29.1 Å². The minimum atomic E-state index is -0.241. The first-order valence-corrected chi connectivity index (χ1v) is 7.80. The summed E-state index contributed by atoms with van der Waals surface area (Å²) in [7, 11) is 0. The van der Waals surface area contributed by atoms with Crippen LogP contribution in [0.4, 0.5) is 0 Å². The number of H-pyrrole nitrogens is 1. The van der Waals surface area contributed by atoms with E-state index in [2.05, 4.69) is 15.4 Å². The number of carbonyl (C=O) groups excluding carboxylic acids is 1. The van der Waals surface area contributed by atoms with Crippen molar-refractivity contribution < 1.29 is 4.79 Å². The SMILES string of the molecule is O=C(NCCc1cnn(-c2ccccc2)c1)c1cc(Cl)c(Cl)[nH]1. The second kappa shape index (κ2) is 6.89. The van der Waals surface area contributed by atoms with Crippen LogP contribution in [0.2, 0.25) is 10.2 Å². The molecular weight excluding hydrogens is 335 g/mol. The summed E-state index contributed by atoms with van der Waals surface area (Å²) in [5.74, 6) is -0.241. The number of hydrogen-bond acceptors (Lipinski definition) is 2. The molecule has 0 fully saturated rings. The van der Waals surface area contributed by atoms with E-state index in [1.54, 1.807) is 6.20 Å². The fourth-order valence-electron chi connectivity index (χ4n) is 2.15. The number of amides is 1. The summed E-state index contributed by atoms with van der Waals surface area (Å²) in [6.45, 7) is 0.494. The molecule has 2 N–H and O–H groups in total. The quantitative estimate of drug-likeness (QED) is 0.741. The van der Waals surface area contributed by atoms with Gasteiger partial charge < -0.3 is 10.3 Å². The van der Waals surface area contributed by atoms with E-state index in [-0.39, 0.29) is 11.1 Å². The van der Waals surface area contributed by atoms with Gasteiger partial charge in [0.1, 0.15) is 10.8 Å². The van der Waals surface area contributed by atoms with E-state index in [1.165, 1.54) is 6.07 Å². The van der Waals surface area contributed by atoms with Crippen LogP contribution < -0.4 is 5.32 Å². The Labute approximate surface area is 143 Å². The molecule has 0 bridgehead atoms. The molecule has 0 aliphatic rings. The normalized spacial score (nSPS) is 10.7. The zero-order chi connectivity index (χ0) is 16.2. The van der Waals surface area contributed by atoms with Crippen LogP contribution in [0.5, 0.6) is 0 Å². The van der Waals surface area contributed by atoms with Crippen molar-refractivity contribution in [3.8, 4) is 5.69 Å². The molecule has 0 radical (unpaired) electrons. The van der Waals surface area contributed by atoms with Crippen molar-refractivity contribution in [2.45, 2.75) is 6.42 Å². The molecule has 1 aromatic carbocycles. The molecule has 0 unspecified atom stereocenters. The molecule has 1 amide bonds. The van der Waals surface area contributed by atoms with Crippen LogP contribution in [0.3, 0.4) is 0 Å². The number of hydrogen-bond donors (Lipinski definition) is 2. The molecule has 3 rings (SSSR count). The number of aromatic nitrogens is 3. The van der Waals surface area contributed by atoms with Gasteiger partial charge in [0.25, 0.3) is 5.91 Å². The topological polar surface area (TPSA) is 62.7 Å². The number of para-hydroxylation sites is 1. The monoisotopic (exact) mass is 348 g/mol. The number of benzene rings is 1. The van der Waals surface area contributed by atoms with Crippen LogP contribution in [0.25, 0.3) is 5.69 Å². The van der Waals surface area contributed by atoms with Gasteiger partial charge in [-0.3, -0.25) is 4.79 Å². The summed E-state index contributed by atoms with van der Waals surface area (Å²) in [4.78, 5) is 14.7. The lowest BCUT2D eigenvalue weighted by atomic mass is 10.2. The van der Waals surface area contributed by atoms with Crippen LogP contribution in [0, 0.1) is 0 Å². The van der Waals surface area contributed by atoms with E-state index >= 15 is 0 Å². The summed E-state index contributed by atoms with van der Waals surface area (Å²) in [5.41, 5.74) is 2.38. The van der Waals surface area contributed by atoms with Gasteiger partial charge in [-0.15, -0.1) is 0 Å². The minimum Gasteiger partial charge on any atom is -0.350 e. The molecule has 0 spiro atoms. The lowest BCUT2D eigenvalue weighted by Gasteiger charge is -2.02. The van der Waals surface area contributed by atoms with Crippen LogP contribution in [0.1, 0.15) is 16.1 Å². The molecule has 5 nitrogen and oxygen atoms in total. The smallest absolute Gasteiger partial charge is 0.267 e. The zero-order valence-corrected chi connectivity index (χ0v) is 13.6. The van der Waals surface area contributed by atoms with Crippen LogP contribution in [-0.2, 0) is 6.42 Å². The Bertz CT molecular complexity index is 791. The van der Waals surface area contributed by atoms with Crippen molar-refractivity contribution in [2.75, 3.05) is 6.54 Å². The first-order chi connectivity index (χ1) is 11.1. The minimum absolute atomic E-state index is 0.241. The molecule has 0 saturated carbocycles. The average molecular weight is 349 g/mol. The summed E-state index contributed by atoms with van der Waals surface area (Å²) < 4.78 is 1.81. The van der Waals surface area contributed by atoms with Gasteiger partial charge >= 0.3 is 0 Å². The number of nitrogens with zero attached hydrogens (tertiary/aromatic N) is 2. The van der Waals surface area contributed by atoms with Gasteiger partial charge in [-0.05, 0) is 30.2 Å². The maximum absolute atomic E-state index is 11.9. The molecule has 7 heteroatoms. The zero-order valence-electron chi connectivity index (χ0n) is 12.1. The standard InChI is InChI=1S/C16H14Cl2N4O/c17-13-8-14(21-15(13)18)16(23)19-7-6-11-9-20-22(10-11)12-4-2-1-3-5-12/h1-5,8-10,21H,6-7H2,(H,19,23). The fraction of sp³-hybridized carbons (Fsp3) is 0.125. The molecule has 2 aromatic heterocycles. The molecule has 0 aliphatic carbocycles. The number of nitrogens with one attached hydrogen (secondary N) is 2. The predicted molar refractivity (Wildman–Crippen MR) is 90.4 cm³/mol. The van der Waals surface area contributed by atoms with E-state index in [4.69, 9.17) is 23.2 Å². The van der Waals surface area contributed by atoms with Gasteiger partial charge in [0, 0.05) is 12.7 Å². The lowest BCUT2D eigenvalue weighted by molar-refractivity contribution is 0.0950. The highest BCUT2D eigenvalue weighted by atomic mass is 35.5. The van der Waals surface area contributed by atoms with Gasteiger partial charge in [-0.2, -0.15) is 5.10 Å². The van der Waals surface area contributed by atoms with Crippen molar-refractivity contribution in [3.63, 3.8) is 0 Å². The second-order valence-corrected chi connectivity index (χ2v) is 5.76. The van der Waals surface area contributed by atoms with E-state index in [0.29, 0.717) is 23.7 Å². The third-order valence-corrected chi connectivity index (χ3v) is 4.02. The molecule has 118 valence electrons. The Balaban J connectivity index is 1.55. The van der Waals surface area contributed by atoms with E-state index in [1.807, 2.05) is 41.2 Å². The average Bonchev–Trinajstić information content (AvgIpc) is 3.16. The van der Waals surface area contributed by atoms with Crippen LogP contribution in [0.15, 0.2) is 48.8 Å². The number of halogens is 2. The molecule has 0 saturated heterocycles. The van der Waals surface area contributed by atoms with E-state index in [9.17, 15) is 4.79 Å². The lowest BCUT2D eigenvalue weighted by Crippen LogP contribution is -2.25. The Kier molecular flexibility index (Phi) is 4.69. The van der Waals surface area contributed by atoms with Crippen molar-refractivity contribution in [1.82, 2.24) is 20.1 Å². The van der Waals surface area contributed by atoms with Gasteiger partial charge in [-0.1, -0.05) is 41.4 Å². The predicted octanol–water partition coefficient (Wildman–Crippen LogP) is 3.48. The highest BCUT2D eigenvalue weighted by Crippen LogP contribution is 2.21. The first-order valence-electron chi connectivity index (χ1n) is 7.04. The number of carbonyl (C=O) groups is 1. The maximum Gasteiger partial charge on any atom is 0.267 e. The van der Waals surface area contributed by atoms with Gasteiger partial charge in [0.15, 0.2) is 0 Å². The molecule has 23 heavy (non-hydrogen) atoms. The van der Waals surface area contributed by atoms with Crippen LogP contribution in [-0.4, -0.2) is 27.2 Å². The van der Waals surface area contributed by atoms with Gasteiger partial charge in [0.2, 0.25) is 0 Å². The van der Waals surface area contributed by atoms with Crippen molar-refractivity contribution in [2.24, 2.45) is 0 Å². The van der Waals surface area contributed by atoms with Crippen molar-refractivity contribution in [3.05, 3.63) is 70.2 Å². The molecule has 3 aromatic rings. The van der Waals surface area contributed by atoms with Gasteiger partial charge in [-0.25, -0.2) is 4.68 Å². The summed E-state index contributed by atoms with van der Waals surface area (Å²) in [6, 6.07) is 11.4. The Morgan fingerprint density at radius 3 is 2.74 bits per heavy atom. The van der Waals surface area contributed by atoms with E-state index in [0.717, 1.165) is 11.3 Å². The summed E-state index contributed by atoms with van der Waals surface area (Å²) in [6.07, 6.45) is 4.42. The molecule has 2 heterocycles. The molecule has 0 atom stereocenters. The molecule has 0 aliphatic heterocycles.